The van der Waals surface area contributed by atoms with Crippen LogP contribution in [0.2, 0.25) is 0 Å². The van der Waals surface area contributed by atoms with Crippen LogP contribution >= 0.6 is 7.37 Å². The molecule has 5 heteroatoms. The van der Waals surface area contributed by atoms with E-state index in [-0.39, 0.29) is 11.7 Å². The molecule has 0 amide bonds. The summed E-state index contributed by atoms with van der Waals surface area (Å²) in [6.45, 7) is 3.60. The van der Waals surface area contributed by atoms with Gasteiger partial charge in [-0.3, -0.25) is 9.36 Å². The van der Waals surface area contributed by atoms with E-state index in [4.69, 9.17) is 8.94 Å². The number of hydrogen-bond acceptors (Lipinski definition) is 4. The van der Waals surface area contributed by atoms with E-state index in [1.165, 1.54) is 12.1 Å². The first-order valence-electron chi connectivity index (χ1n) is 4.46. The molecule has 0 radical (unpaired) electrons. The van der Waals surface area contributed by atoms with Crippen molar-refractivity contribution >= 4 is 13.7 Å². The lowest BCUT2D eigenvalue weighted by atomic mass is 10.5. The summed E-state index contributed by atoms with van der Waals surface area (Å²) in [6, 6.07) is 2.99. The summed E-state index contributed by atoms with van der Waals surface area (Å²) in [7, 11) is -2.61. The average Bonchev–Trinajstić information content (AvgIpc) is 2.65. The van der Waals surface area contributed by atoms with E-state index in [2.05, 4.69) is 0 Å². The van der Waals surface area contributed by atoms with E-state index in [1.54, 1.807) is 13.8 Å². The lowest BCUT2D eigenvalue weighted by molar-refractivity contribution is 0.109. The fourth-order valence-electron chi connectivity index (χ4n) is 0.963. The second-order valence-corrected chi connectivity index (χ2v) is 5.89. The summed E-state index contributed by atoms with van der Waals surface area (Å²) in [6.07, 6.45) is 1.50. The Balaban J connectivity index is 2.77. The maximum Gasteiger partial charge on any atom is 0.290 e. The first-order chi connectivity index (χ1) is 6.63. The maximum absolute atomic E-state index is 11.8. The summed E-state index contributed by atoms with van der Waals surface area (Å²) in [5.74, 6) is 0.331. The molecule has 0 aliphatic heterocycles. The van der Waals surface area contributed by atoms with Crippen molar-refractivity contribution in [3.63, 3.8) is 0 Å². The highest BCUT2D eigenvalue weighted by atomic mass is 31.2. The molecule has 1 aromatic rings. The first kappa shape index (κ1) is 11.1. The molecule has 0 saturated carbocycles. The highest BCUT2D eigenvalue weighted by Gasteiger charge is 2.20. The molecule has 1 rings (SSSR count). The normalized spacial score (nSPS) is 11.3. The van der Waals surface area contributed by atoms with E-state index in [9.17, 15) is 9.36 Å². The van der Waals surface area contributed by atoms with Crippen LogP contribution in [0.3, 0.4) is 0 Å². The van der Waals surface area contributed by atoms with Crippen molar-refractivity contribution in [2.45, 2.75) is 13.8 Å². The fourth-order valence-corrected chi connectivity index (χ4v) is 2.09. The van der Waals surface area contributed by atoms with Gasteiger partial charge in [-0.05, 0) is 6.07 Å². The van der Waals surface area contributed by atoms with Crippen LogP contribution in [0.15, 0.2) is 16.5 Å². The Morgan fingerprint density at radius 2 is 2.07 bits per heavy atom. The summed E-state index contributed by atoms with van der Waals surface area (Å²) < 4.78 is 22.0. The van der Waals surface area contributed by atoms with E-state index >= 15 is 0 Å². The minimum absolute atomic E-state index is 0.152. The van der Waals surface area contributed by atoms with Crippen LogP contribution in [0.5, 0.6) is 5.95 Å². The molecule has 0 fully saturated rings. The SMILES string of the molecule is CCP(=O)(CC)Oc1ccc(C=O)o1. The molecule has 0 unspecified atom stereocenters. The Bertz CT molecular complexity index is 347. The van der Waals surface area contributed by atoms with Crippen LogP contribution in [0.25, 0.3) is 0 Å². The molecule has 0 aromatic carbocycles. The summed E-state index contributed by atoms with van der Waals surface area (Å²) in [5.41, 5.74) is 0. The predicted molar refractivity (Wildman–Crippen MR) is 53.4 cm³/mol. The Labute approximate surface area is 82.7 Å². The Kier molecular flexibility index (Phi) is 3.53. The minimum atomic E-state index is -2.61. The van der Waals surface area contributed by atoms with Crippen LogP contribution in [0.4, 0.5) is 0 Å². The average molecular weight is 216 g/mol. The molecular weight excluding hydrogens is 203 g/mol. The molecule has 0 saturated heterocycles. The van der Waals surface area contributed by atoms with Gasteiger partial charge in [-0.25, -0.2) is 0 Å². The number of carbonyl (C=O) groups excluding carboxylic acids is 1. The molecule has 0 bridgehead atoms. The van der Waals surface area contributed by atoms with Crippen LogP contribution in [-0.2, 0) is 4.57 Å². The molecular formula is C9H13O4P. The van der Waals surface area contributed by atoms with Crippen molar-refractivity contribution in [2.75, 3.05) is 12.3 Å². The van der Waals surface area contributed by atoms with Gasteiger partial charge in [0.15, 0.2) is 12.0 Å². The zero-order chi connectivity index (χ0) is 10.6. The van der Waals surface area contributed by atoms with Crippen molar-refractivity contribution in [1.29, 1.82) is 0 Å². The van der Waals surface area contributed by atoms with E-state index in [0.717, 1.165) is 0 Å². The molecule has 1 heterocycles. The molecule has 78 valence electrons. The monoisotopic (exact) mass is 216 g/mol. The molecule has 0 N–H and O–H groups in total. The van der Waals surface area contributed by atoms with Gasteiger partial charge < -0.3 is 8.94 Å². The van der Waals surface area contributed by atoms with Crippen molar-refractivity contribution in [3.8, 4) is 5.95 Å². The Morgan fingerprint density at radius 3 is 2.50 bits per heavy atom. The minimum Gasteiger partial charge on any atom is -0.423 e. The van der Waals surface area contributed by atoms with Crippen LogP contribution < -0.4 is 4.52 Å². The van der Waals surface area contributed by atoms with Gasteiger partial charge >= 0.3 is 0 Å². The molecule has 1 aromatic heterocycles. The third-order valence-corrected chi connectivity index (χ3v) is 4.38. The quantitative estimate of drug-likeness (QED) is 0.561. The second-order valence-electron chi connectivity index (χ2n) is 2.81. The van der Waals surface area contributed by atoms with Gasteiger partial charge in [-0.15, -0.1) is 0 Å². The van der Waals surface area contributed by atoms with Crippen molar-refractivity contribution in [1.82, 2.24) is 0 Å². The summed E-state index contributed by atoms with van der Waals surface area (Å²) >= 11 is 0. The molecule has 0 atom stereocenters. The lowest BCUT2D eigenvalue weighted by Crippen LogP contribution is -1.97. The summed E-state index contributed by atoms with van der Waals surface area (Å²) in [4.78, 5) is 10.3. The van der Waals surface area contributed by atoms with Gasteiger partial charge in [0.2, 0.25) is 0 Å². The van der Waals surface area contributed by atoms with Gasteiger partial charge in [0.05, 0.1) is 0 Å². The topological polar surface area (TPSA) is 56.5 Å². The molecule has 4 nitrogen and oxygen atoms in total. The van der Waals surface area contributed by atoms with Gasteiger partial charge in [-0.2, -0.15) is 0 Å². The molecule has 0 aliphatic rings. The zero-order valence-corrected chi connectivity index (χ0v) is 9.12. The third-order valence-electron chi connectivity index (χ3n) is 1.94. The molecule has 14 heavy (non-hydrogen) atoms. The second kappa shape index (κ2) is 4.47. The molecule has 0 aliphatic carbocycles. The van der Waals surface area contributed by atoms with E-state index in [0.29, 0.717) is 18.6 Å². The number of rotatable bonds is 5. The highest BCUT2D eigenvalue weighted by molar-refractivity contribution is 7.59. The van der Waals surface area contributed by atoms with Crippen molar-refractivity contribution in [2.24, 2.45) is 0 Å². The van der Waals surface area contributed by atoms with Crippen molar-refractivity contribution < 1.29 is 18.3 Å². The van der Waals surface area contributed by atoms with Gasteiger partial charge in [-0.1, -0.05) is 13.8 Å². The maximum atomic E-state index is 11.8. The third kappa shape index (κ3) is 2.48. The Morgan fingerprint density at radius 1 is 1.43 bits per heavy atom. The van der Waals surface area contributed by atoms with E-state index in [1.807, 2.05) is 0 Å². The standard InChI is InChI=1S/C9H13O4P/c1-3-14(11,4-2)13-9-6-5-8(7-10)12-9/h5-7H,3-4H2,1-2H3. The number of carbonyl (C=O) groups is 1. The first-order valence-corrected chi connectivity index (χ1v) is 6.45. The largest absolute Gasteiger partial charge is 0.423 e. The van der Waals surface area contributed by atoms with Crippen LogP contribution in [-0.4, -0.2) is 18.6 Å². The smallest absolute Gasteiger partial charge is 0.290 e. The lowest BCUT2D eigenvalue weighted by Gasteiger charge is -2.13. The molecule has 0 spiro atoms. The van der Waals surface area contributed by atoms with Crippen LogP contribution in [0, 0.1) is 0 Å². The van der Waals surface area contributed by atoms with E-state index < -0.39 is 7.37 Å². The van der Waals surface area contributed by atoms with Gasteiger partial charge in [0.1, 0.15) is 0 Å². The number of furan rings is 1. The summed E-state index contributed by atoms with van der Waals surface area (Å²) in [5, 5.41) is 0. The highest BCUT2D eigenvalue weighted by Crippen LogP contribution is 2.46. The van der Waals surface area contributed by atoms with Gasteiger partial charge in [0, 0.05) is 18.4 Å². The predicted octanol–water partition coefficient (Wildman–Crippen LogP) is 2.79. The number of hydrogen-bond donors (Lipinski definition) is 0. The van der Waals surface area contributed by atoms with Gasteiger partial charge in [0.25, 0.3) is 13.3 Å². The van der Waals surface area contributed by atoms with Crippen molar-refractivity contribution in [3.05, 3.63) is 17.9 Å². The fraction of sp³-hybridized carbons (Fsp3) is 0.444. The number of aldehydes is 1. The Hall–Kier alpha value is -1.02. The zero-order valence-electron chi connectivity index (χ0n) is 8.23. The van der Waals surface area contributed by atoms with Crippen LogP contribution in [0.1, 0.15) is 24.4 Å².